The van der Waals surface area contributed by atoms with Crippen molar-refractivity contribution in [3.05, 3.63) is 57.0 Å². The molecule has 0 saturated heterocycles. The zero-order valence-corrected chi connectivity index (χ0v) is 12.5. The maximum Gasteiger partial charge on any atom is 0.256 e. The summed E-state index contributed by atoms with van der Waals surface area (Å²) in [6.07, 6.45) is 0. The SMILES string of the molecule is Cc1ccc(Br)c(C(=O)Nc2c(N)cccc2Cl)c1. The van der Waals surface area contributed by atoms with Gasteiger partial charge in [0.05, 0.1) is 22.0 Å². The number of rotatable bonds is 2. The van der Waals surface area contributed by atoms with E-state index in [1.165, 1.54) is 0 Å². The van der Waals surface area contributed by atoms with Crippen LogP contribution in [0.3, 0.4) is 0 Å². The molecule has 0 radical (unpaired) electrons. The highest BCUT2D eigenvalue weighted by molar-refractivity contribution is 9.10. The van der Waals surface area contributed by atoms with Gasteiger partial charge in [0.2, 0.25) is 0 Å². The first-order chi connectivity index (χ1) is 8.99. The van der Waals surface area contributed by atoms with E-state index in [-0.39, 0.29) is 5.91 Å². The van der Waals surface area contributed by atoms with Gasteiger partial charge >= 0.3 is 0 Å². The number of halogens is 2. The van der Waals surface area contributed by atoms with Crippen LogP contribution in [0.1, 0.15) is 15.9 Å². The Morgan fingerprint density at radius 3 is 2.74 bits per heavy atom. The largest absolute Gasteiger partial charge is 0.397 e. The number of para-hydroxylation sites is 1. The quantitative estimate of drug-likeness (QED) is 0.804. The average Bonchev–Trinajstić information content (AvgIpc) is 2.37. The van der Waals surface area contributed by atoms with Crippen LogP contribution in [0.2, 0.25) is 5.02 Å². The maximum absolute atomic E-state index is 12.2. The molecule has 0 bridgehead atoms. The van der Waals surface area contributed by atoms with Gasteiger partial charge in [0.25, 0.3) is 5.91 Å². The highest BCUT2D eigenvalue weighted by Crippen LogP contribution is 2.29. The lowest BCUT2D eigenvalue weighted by molar-refractivity contribution is 0.102. The molecular formula is C14H12BrClN2O. The normalized spacial score (nSPS) is 10.3. The zero-order chi connectivity index (χ0) is 14.0. The maximum atomic E-state index is 12.2. The molecule has 0 unspecified atom stereocenters. The van der Waals surface area contributed by atoms with Crippen molar-refractivity contribution in [1.82, 2.24) is 0 Å². The molecule has 19 heavy (non-hydrogen) atoms. The summed E-state index contributed by atoms with van der Waals surface area (Å²) in [7, 11) is 0. The number of carbonyl (C=O) groups is 1. The Kier molecular flexibility index (Phi) is 4.12. The van der Waals surface area contributed by atoms with E-state index in [9.17, 15) is 4.79 Å². The number of hydrogen-bond acceptors (Lipinski definition) is 2. The van der Waals surface area contributed by atoms with Gasteiger partial charge in [0, 0.05) is 4.47 Å². The Morgan fingerprint density at radius 1 is 1.32 bits per heavy atom. The fourth-order valence-electron chi connectivity index (χ4n) is 1.67. The minimum atomic E-state index is -0.254. The van der Waals surface area contributed by atoms with Gasteiger partial charge in [0.1, 0.15) is 0 Å². The second-order valence-electron chi connectivity index (χ2n) is 4.14. The molecule has 1 amide bonds. The van der Waals surface area contributed by atoms with E-state index in [1.807, 2.05) is 19.1 Å². The van der Waals surface area contributed by atoms with Crippen molar-refractivity contribution < 1.29 is 4.79 Å². The molecule has 0 fully saturated rings. The molecule has 2 rings (SSSR count). The summed E-state index contributed by atoms with van der Waals surface area (Å²) in [5.74, 6) is -0.254. The van der Waals surface area contributed by atoms with Gasteiger partial charge in [-0.05, 0) is 47.1 Å². The average molecular weight is 340 g/mol. The number of carbonyl (C=O) groups excluding carboxylic acids is 1. The summed E-state index contributed by atoms with van der Waals surface area (Å²) in [6, 6.07) is 10.7. The Balaban J connectivity index is 2.34. The first kappa shape index (κ1) is 13.9. The Bertz CT molecular complexity index is 623. The summed E-state index contributed by atoms with van der Waals surface area (Å²) in [6.45, 7) is 1.92. The Morgan fingerprint density at radius 2 is 2.05 bits per heavy atom. The fraction of sp³-hybridized carbons (Fsp3) is 0.0714. The molecule has 0 aliphatic heterocycles. The van der Waals surface area contributed by atoms with Gasteiger partial charge in [-0.2, -0.15) is 0 Å². The van der Waals surface area contributed by atoms with Crippen molar-refractivity contribution in [2.45, 2.75) is 6.92 Å². The third-order valence-corrected chi connectivity index (χ3v) is 3.66. The number of nitrogens with one attached hydrogen (secondary N) is 1. The summed E-state index contributed by atoms with van der Waals surface area (Å²) >= 11 is 9.38. The van der Waals surface area contributed by atoms with Gasteiger partial charge in [0.15, 0.2) is 0 Å². The second-order valence-corrected chi connectivity index (χ2v) is 5.40. The predicted molar refractivity (Wildman–Crippen MR) is 82.7 cm³/mol. The van der Waals surface area contributed by atoms with Crippen LogP contribution in [0.4, 0.5) is 11.4 Å². The molecule has 98 valence electrons. The minimum absolute atomic E-state index is 0.254. The van der Waals surface area contributed by atoms with Gasteiger partial charge in [-0.25, -0.2) is 0 Å². The van der Waals surface area contributed by atoms with Crippen LogP contribution in [-0.4, -0.2) is 5.91 Å². The Labute approximate surface area is 124 Å². The lowest BCUT2D eigenvalue weighted by atomic mass is 10.1. The third-order valence-electron chi connectivity index (χ3n) is 2.65. The van der Waals surface area contributed by atoms with Crippen molar-refractivity contribution in [3.63, 3.8) is 0 Å². The third kappa shape index (κ3) is 3.08. The second kappa shape index (κ2) is 5.63. The fourth-order valence-corrected chi connectivity index (χ4v) is 2.32. The summed E-state index contributed by atoms with van der Waals surface area (Å²) in [4.78, 5) is 12.2. The van der Waals surface area contributed by atoms with Crippen LogP contribution in [0.15, 0.2) is 40.9 Å². The number of nitrogen functional groups attached to an aromatic ring is 1. The predicted octanol–water partition coefficient (Wildman–Crippen LogP) is 4.25. The molecule has 0 saturated carbocycles. The lowest BCUT2D eigenvalue weighted by Gasteiger charge is -2.11. The lowest BCUT2D eigenvalue weighted by Crippen LogP contribution is -2.14. The van der Waals surface area contributed by atoms with Crippen molar-refractivity contribution in [1.29, 1.82) is 0 Å². The monoisotopic (exact) mass is 338 g/mol. The van der Waals surface area contributed by atoms with Crippen molar-refractivity contribution in [3.8, 4) is 0 Å². The number of aryl methyl sites for hydroxylation is 1. The number of hydrogen-bond donors (Lipinski definition) is 2. The summed E-state index contributed by atoms with van der Waals surface area (Å²) < 4.78 is 0.723. The van der Waals surface area contributed by atoms with E-state index < -0.39 is 0 Å². The molecule has 5 heteroatoms. The van der Waals surface area contributed by atoms with Crippen LogP contribution in [0, 0.1) is 6.92 Å². The van der Waals surface area contributed by atoms with Crippen LogP contribution < -0.4 is 11.1 Å². The van der Waals surface area contributed by atoms with Crippen LogP contribution in [0.25, 0.3) is 0 Å². The molecule has 2 aromatic carbocycles. The zero-order valence-electron chi connectivity index (χ0n) is 10.2. The molecule has 0 aliphatic rings. The van der Waals surface area contributed by atoms with Crippen LogP contribution in [0.5, 0.6) is 0 Å². The van der Waals surface area contributed by atoms with E-state index in [4.69, 9.17) is 17.3 Å². The van der Waals surface area contributed by atoms with Gasteiger partial charge in [-0.15, -0.1) is 0 Å². The number of nitrogens with two attached hydrogens (primary N) is 1. The molecule has 0 aliphatic carbocycles. The molecule has 0 heterocycles. The molecule has 0 aromatic heterocycles. The molecule has 3 nitrogen and oxygen atoms in total. The van der Waals surface area contributed by atoms with Gasteiger partial charge in [-0.3, -0.25) is 4.79 Å². The smallest absolute Gasteiger partial charge is 0.256 e. The van der Waals surface area contributed by atoms with E-state index in [1.54, 1.807) is 24.3 Å². The minimum Gasteiger partial charge on any atom is -0.397 e. The van der Waals surface area contributed by atoms with Crippen LogP contribution >= 0.6 is 27.5 Å². The van der Waals surface area contributed by atoms with Gasteiger partial charge < -0.3 is 11.1 Å². The molecular weight excluding hydrogens is 328 g/mol. The number of benzene rings is 2. The highest BCUT2D eigenvalue weighted by atomic mass is 79.9. The first-order valence-corrected chi connectivity index (χ1v) is 6.77. The van der Waals surface area contributed by atoms with E-state index in [0.29, 0.717) is 22.0 Å². The summed E-state index contributed by atoms with van der Waals surface area (Å²) in [5.41, 5.74) is 8.21. The first-order valence-electron chi connectivity index (χ1n) is 5.60. The van der Waals surface area contributed by atoms with E-state index >= 15 is 0 Å². The summed E-state index contributed by atoms with van der Waals surface area (Å²) in [5, 5.41) is 3.15. The van der Waals surface area contributed by atoms with Crippen molar-refractivity contribution in [2.75, 3.05) is 11.1 Å². The number of anilines is 2. The Hall–Kier alpha value is -1.52. The number of amides is 1. The molecule has 2 aromatic rings. The highest BCUT2D eigenvalue weighted by Gasteiger charge is 2.13. The van der Waals surface area contributed by atoms with E-state index in [0.717, 1.165) is 10.0 Å². The van der Waals surface area contributed by atoms with Crippen molar-refractivity contribution >= 4 is 44.8 Å². The molecule has 0 spiro atoms. The topological polar surface area (TPSA) is 55.1 Å². The molecule has 0 atom stereocenters. The van der Waals surface area contributed by atoms with Crippen molar-refractivity contribution in [2.24, 2.45) is 0 Å². The standard InChI is InChI=1S/C14H12BrClN2O/c1-8-5-6-10(15)9(7-8)14(19)18-13-11(16)3-2-4-12(13)17/h2-7H,17H2,1H3,(H,18,19). The van der Waals surface area contributed by atoms with E-state index in [2.05, 4.69) is 21.2 Å². The van der Waals surface area contributed by atoms with Gasteiger partial charge in [-0.1, -0.05) is 29.3 Å². The van der Waals surface area contributed by atoms with Crippen LogP contribution in [-0.2, 0) is 0 Å². The molecule has 3 N–H and O–H groups in total.